The average Bonchev–Trinajstić information content (AvgIpc) is 2.53. The summed E-state index contributed by atoms with van der Waals surface area (Å²) in [6.45, 7) is 1.54. The topological polar surface area (TPSA) is 59.0 Å². The van der Waals surface area contributed by atoms with Gasteiger partial charge in [0.25, 0.3) is 5.91 Å². The van der Waals surface area contributed by atoms with Gasteiger partial charge in [-0.25, -0.2) is 0 Å². The third-order valence-corrected chi connectivity index (χ3v) is 3.80. The van der Waals surface area contributed by atoms with Crippen LogP contribution in [-0.4, -0.2) is 49.8 Å². The van der Waals surface area contributed by atoms with Crippen LogP contribution in [0.2, 0.25) is 0 Å². The maximum Gasteiger partial charge on any atom is 0.257 e. The molecule has 1 aromatic rings. The highest BCUT2D eigenvalue weighted by Gasteiger charge is 2.25. The van der Waals surface area contributed by atoms with Gasteiger partial charge in [-0.2, -0.15) is 0 Å². The second kappa shape index (κ2) is 6.61. The van der Waals surface area contributed by atoms with Crippen LogP contribution in [0, 0.1) is 5.92 Å². The Morgan fingerprint density at radius 2 is 2.00 bits per heavy atom. The number of carbonyl (C=O) groups is 1. The molecule has 1 N–H and O–H groups in total. The van der Waals surface area contributed by atoms with E-state index >= 15 is 0 Å². The van der Waals surface area contributed by atoms with Crippen LogP contribution in [0.25, 0.3) is 0 Å². The second-order valence-electron chi connectivity index (χ2n) is 4.98. The second-order valence-corrected chi connectivity index (χ2v) is 4.98. The van der Waals surface area contributed by atoms with Gasteiger partial charge in [-0.3, -0.25) is 4.79 Å². The Kier molecular flexibility index (Phi) is 4.84. The van der Waals surface area contributed by atoms with Crippen molar-refractivity contribution in [3.8, 4) is 11.5 Å². The maximum atomic E-state index is 12.6. The summed E-state index contributed by atoms with van der Waals surface area (Å²) in [5, 5.41) is 9.14. The molecule has 2 rings (SSSR count). The molecule has 1 saturated heterocycles. The van der Waals surface area contributed by atoms with Gasteiger partial charge in [0.1, 0.15) is 11.5 Å². The molecule has 0 unspecified atom stereocenters. The highest BCUT2D eigenvalue weighted by molar-refractivity contribution is 5.97. The molecule has 0 bridgehead atoms. The van der Waals surface area contributed by atoms with Gasteiger partial charge in [-0.05, 0) is 37.0 Å². The highest BCUT2D eigenvalue weighted by Crippen LogP contribution is 2.27. The lowest BCUT2D eigenvalue weighted by atomic mass is 9.97. The molecule has 1 fully saturated rings. The Hall–Kier alpha value is -1.75. The van der Waals surface area contributed by atoms with E-state index in [4.69, 9.17) is 14.6 Å². The van der Waals surface area contributed by atoms with Crippen molar-refractivity contribution in [3.63, 3.8) is 0 Å². The van der Waals surface area contributed by atoms with Gasteiger partial charge >= 0.3 is 0 Å². The van der Waals surface area contributed by atoms with Crippen molar-refractivity contribution in [2.24, 2.45) is 5.92 Å². The van der Waals surface area contributed by atoms with Crippen molar-refractivity contribution in [2.45, 2.75) is 12.8 Å². The van der Waals surface area contributed by atoms with Crippen LogP contribution in [-0.2, 0) is 0 Å². The molecule has 110 valence electrons. The van der Waals surface area contributed by atoms with Gasteiger partial charge in [0.05, 0.1) is 19.8 Å². The molecule has 20 heavy (non-hydrogen) atoms. The lowest BCUT2D eigenvalue weighted by Crippen LogP contribution is -2.39. The number of rotatable bonds is 4. The van der Waals surface area contributed by atoms with E-state index in [1.54, 1.807) is 32.4 Å². The van der Waals surface area contributed by atoms with Crippen LogP contribution in [0.3, 0.4) is 0 Å². The van der Waals surface area contributed by atoms with Gasteiger partial charge < -0.3 is 19.5 Å². The largest absolute Gasteiger partial charge is 0.497 e. The quantitative estimate of drug-likeness (QED) is 0.908. The third kappa shape index (κ3) is 3.04. The summed E-state index contributed by atoms with van der Waals surface area (Å²) in [6.07, 6.45) is 1.68. The van der Waals surface area contributed by atoms with Gasteiger partial charge in [0, 0.05) is 19.7 Å². The molecule has 0 saturated carbocycles. The number of hydrogen-bond donors (Lipinski definition) is 1. The smallest absolute Gasteiger partial charge is 0.257 e. The molecule has 1 aromatic carbocycles. The molecular formula is C15H21NO4. The molecular weight excluding hydrogens is 258 g/mol. The first kappa shape index (κ1) is 14.7. The lowest BCUT2D eigenvalue weighted by Gasteiger charge is -2.31. The van der Waals surface area contributed by atoms with E-state index in [0.717, 1.165) is 12.8 Å². The summed E-state index contributed by atoms with van der Waals surface area (Å²) in [5.41, 5.74) is 0.522. The van der Waals surface area contributed by atoms with Crippen molar-refractivity contribution in [2.75, 3.05) is 33.9 Å². The predicted octanol–water partition coefficient (Wildman–Crippen LogP) is 1.55. The zero-order valence-corrected chi connectivity index (χ0v) is 12.0. The SMILES string of the molecule is COc1ccc(OC)c(C(=O)N2CCC(CO)CC2)c1. The number of aliphatic hydroxyl groups is 1. The zero-order valence-electron chi connectivity index (χ0n) is 12.0. The fraction of sp³-hybridized carbons (Fsp3) is 0.533. The Balaban J connectivity index is 2.16. The van der Waals surface area contributed by atoms with Crippen molar-refractivity contribution >= 4 is 5.91 Å². The standard InChI is InChI=1S/C15H21NO4/c1-19-12-3-4-14(20-2)13(9-12)15(18)16-7-5-11(10-17)6-8-16/h3-4,9,11,17H,5-8,10H2,1-2H3. The molecule has 0 aliphatic carbocycles. The number of piperidine rings is 1. The molecule has 1 heterocycles. The van der Waals surface area contributed by atoms with Crippen LogP contribution in [0.4, 0.5) is 0 Å². The van der Waals surface area contributed by atoms with Gasteiger partial charge in [-0.1, -0.05) is 0 Å². The highest BCUT2D eigenvalue weighted by atomic mass is 16.5. The number of hydrogen-bond acceptors (Lipinski definition) is 4. The van der Waals surface area contributed by atoms with E-state index in [0.29, 0.717) is 36.1 Å². The van der Waals surface area contributed by atoms with E-state index in [1.807, 2.05) is 4.90 Å². The van der Waals surface area contributed by atoms with Gasteiger partial charge in [-0.15, -0.1) is 0 Å². The van der Waals surface area contributed by atoms with Crippen molar-refractivity contribution < 1.29 is 19.4 Å². The summed E-state index contributed by atoms with van der Waals surface area (Å²) >= 11 is 0. The number of benzene rings is 1. The van der Waals surface area contributed by atoms with Crippen molar-refractivity contribution in [3.05, 3.63) is 23.8 Å². The first-order valence-electron chi connectivity index (χ1n) is 6.81. The molecule has 5 heteroatoms. The summed E-state index contributed by atoms with van der Waals surface area (Å²) in [7, 11) is 3.12. The molecule has 0 radical (unpaired) electrons. The molecule has 5 nitrogen and oxygen atoms in total. The van der Waals surface area contributed by atoms with Gasteiger partial charge in [0.15, 0.2) is 0 Å². The van der Waals surface area contributed by atoms with Crippen LogP contribution in [0.15, 0.2) is 18.2 Å². The van der Waals surface area contributed by atoms with E-state index in [2.05, 4.69) is 0 Å². The first-order chi connectivity index (χ1) is 9.69. The summed E-state index contributed by atoms with van der Waals surface area (Å²) in [4.78, 5) is 14.4. The Labute approximate surface area is 119 Å². The fourth-order valence-corrected chi connectivity index (χ4v) is 2.47. The maximum absolute atomic E-state index is 12.6. The summed E-state index contributed by atoms with van der Waals surface area (Å²) in [5.74, 6) is 1.46. The monoisotopic (exact) mass is 279 g/mol. The Bertz CT molecular complexity index is 467. The minimum atomic E-state index is -0.0443. The number of likely N-dealkylation sites (tertiary alicyclic amines) is 1. The minimum Gasteiger partial charge on any atom is -0.497 e. The minimum absolute atomic E-state index is 0.0443. The number of nitrogens with zero attached hydrogens (tertiary/aromatic N) is 1. The number of aliphatic hydroxyl groups excluding tert-OH is 1. The first-order valence-corrected chi connectivity index (χ1v) is 6.81. The van der Waals surface area contributed by atoms with Crippen LogP contribution >= 0.6 is 0 Å². The Morgan fingerprint density at radius 1 is 1.30 bits per heavy atom. The molecule has 1 amide bonds. The third-order valence-electron chi connectivity index (χ3n) is 3.80. The van der Waals surface area contributed by atoms with Gasteiger partial charge in [0.2, 0.25) is 0 Å². The Morgan fingerprint density at radius 3 is 2.55 bits per heavy atom. The molecule has 0 spiro atoms. The molecule has 1 aliphatic heterocycles. The predicted molar refractivity (Wildman–Crippen MR) is 75.3 cm³/mol. The van der Waals surface area contributed by atoms with E-state index in [1.165, 1.54) is 0 Å². The number of methoxy groups -OCH3 is 2. The summed E-state index contributed by atoms with van der Waals surface area (Å²) in [6, 6.07) is 5.22. The van der Waals surface area contributed by atoms with E-state index in [-0.39, 0.29) is 12.5 Å². The molecule has 1 aliphatic rings. The molecule has 0 aromatic heterocycles. The lowest BCUT2D eigenvalue weighted by molar-refractivity contribution is 0.0647. The van der Waals surface area contributed by atoms with Crippen molar-refractivity contribution in [1.82, 2.24) is 4.90 Å². The van der Waals surface area contributed by atoms with Crippen LogP contribution in [0.5, 0.6) is 11.5 Å². The number of carbonyl (C=O) groups excluding carboxylic acids is 1. The number of ether oxygens (including phenoxy) is 2. The van der Waals surface area contributed by atoms with E-state index in [9.17, 15) is 4.79 Å². The zero-order chi connectivity index (χ0) is 14.5. The average molecular weight is 279 g/mol. The van der Waals surface area contributed by atoms with Crippen LogP contribution < -0.4 is 9.47 Å². The van der Waals surface area contributed by atoms with Crippen molar-refractivity contribution in [1.29, 1.82) is 0 Å². The normalized spacial score (nSPS) is 16.1. The van der Waals surface area contributed by atoms with E-state index < -0.39 is 0 Å². The molecule has 0 atom stereocenters. The number of amides is 1. The van der Waals surface area contributed by atoms with Crippen LogP contribution in [0.1, 0.15) is 23.2 Å². The summed E-state index contributed by atoms with van der Waals surface area (Å²) < 4.78 is 10.4. The fourth-order valence-electron chi connectivity index (χ4n) is 2.47.